The summed E-state index contributed by atoms with van der Waals surface area (Å²) in [6.45, 7) is 4.41. The van der Waals surface area contributed by atoms with Crippen LogP contribution in [0, 0.1) is 11.2 Å². The molecule has 1 aliphatic carbocycles. The van der Waals surface area contributed by atoms with E-state index in [1.807, 2.05) is 0 Å². The molecule has 1 saturated carbocycles. The Labute approximate surface area is 115 Å². The van der Waals surface area contributed by atoms with Crippen LogP contribution in [0.3, 0.4) is 0 Å². The van der Waals surface area contributed by atoms with Crippen LogP contribution in [0.1, 0.15) is 43.5 Å². The molecule has 1 aromatic carbocycles. The maximum absolute atomic E-state index is 13.1. The fourth-order valence-electron chi connectivity index (χ4n) is 2.49. The minimum absolute atomic E-state index is 0.197. The Bertz CT molecular complexity index is 473. The quantitative estimate of drug-likeness (QED) is 0.881. The van der Waals surface area contributed by atoms with Gasteiger partial charge in [-0.15, -0.1) is 0 Å². The summed E-state index contributed by atoms with van der Waals surface area (Å²) in [5.74, 6) is -0.598. The molecule has 0 bridgehead atoms. The van der Waals surface area contributed by atoms with Crippen LogP contribution in [0.4, 0.5) is 4.39 Å². The fraction of sp³-hybridized carbons (Fsp3) is 0.500. The Kier molecular flexibility index (Phi) is 3.76. The number of rotatable bonds is 2. The third kappa shape index (κ3) is 3.10. The fourth-order valence-corrected chi connectivity index (χ4v) is 2.92. The molecule has 1 amide bonds. The molecular weight excluding hydrogens is 297 g/mol. The van der Waals surface area contributed by atoms with Gasteiger partial charge in [-0.2, -0.15) is 0 Å². The van der Waals surface area contributed by atoms with Crippen molar-refractivity contribution in [1.82, 2.24) is 5.32 Å². The summed E-state index contributed by atoms with van der Waals surface area (Å²) in [5.41, 5.74) is 0.650. The van der Waals surface area contributed by atoms with Gasteiger partial charge in [0.1, 0.15) is 5.82 Å². The molecule has 2 rings (SSSR count). The van der Waals surface area contributed by atoms with Crippen LogP contribution in [0.15, 0.2) is 22.7 Å². The monoisotopic (exact) mass is 313 g/mol. The number of nitrogens with one attached hydrogen (secondary N) is 1. The molecule has 0 saturated heterocycles. The van der Waals surface area contributed by atoms with E-state index in [2.05, 4.69) is 35.1 Å². The van der Waals surface area contributed by atoms with Gasteiger partial charge in [0.05, 0.1) is 5.56 Å². The highest BCUT2D eigenvalue weighted by Gasteiger charge is 2.32. The zero-order valence-corrected chi connectivity index (χ0v) is 12.2. The number of hydrogen-bond donors (Lipinski definition) is 1. The number of benzene rings is 1. The van der Waals surface area contributed by atoms with Crippen molar-refractivity contribution in [2.75, 3.05) is 0 Å². The van der Waals surface area contributed by atoms with Crippen LogP contribution in [-0.4, -0.2) is 11.9 Å². The maximum Gasteiger partial charge on any atom is 0.252 e. The lowest BCUT2D eigenvalue weighted by Gasteiger charge is -2.18. The van der Waals surface area contributed by atoms with Crippen LogP contribution in [0.5, 0.6) is 0 Å². The predicted octanol–water partition coefficient (Wildman–Crippen LogP) is 3.90. The van der Waals surface area contributed by atoms with Crippen LogP contribution < -0.4 is 5.32 Å². The van der Waals surface area contributed by atoms with Gasteiger partial charge < -0.3 is 5.32 Å². The Hall–Kier alpha value is -0.900. The highest BCUT2D eigenvalue weighted by atomic mass is 79.9. The Morgan fingerprint density at radius 2 is 2.22 bits per heavy atom. The second-order valence-electron chi connectivity index (χ2n) is 5.70. The zero-order chi connectivity index (χ0) is 13.3. The van der Waals surface area contributed by atoms with Gasteiger partial charge in [0, 0.05) is 10.5 Å². The van der Waals surface area contributed by atoms with Crippen molar-refractivity contribution in [2.45, 2.75) is 39.2 Å². The molecule has 2 nitrogen and oxygen atoms in total. The molecule has 1 N–H and O–H groups in total. The Morgan fingerprint density at radius 1 is 1.50 bits per heavy atom. The topological polar surface area (TPSA) is 29.1 Å². The van der Waals surface area contributed by atoms with E-state index in [-0.39, 0.29) is 17.4 Å². The van der Waals surface area contributed by atoms with E-state index in [4.69, 9.17) is 0 Å². The van der Waals surface area contributed by atoms with Gasteiger partial charge in [0.2, 0.25) is 0 Å². The summed E-state index contributed by atoms with van der Waals surface area (Å²) in [6.07, 6.45) is 3.08. The second kappa shape index (κ2) is 5.00. The largest absolute Gasteiger partial charge is 0.349 e. The lowest BCUT2D eigenvalue weighted by atomic mass is 9.92. The van der Waals surface area contributed by atoms with Crippen LogP contribution >= 0.6 is 15.9 Å². The van der Waals surface area contributed by atoms with E-state index in [9.17, 15) is 9.18 Å². The molecule has 1 unspecified atom stereocenters. The lowest BCUT2D eigenvalue weighted by Crippen LogP contribution is -2.33. The van der Waals surface area contributed by atoms with Crippen molar-refractivity contribution in [3.05, 3.63) is 34.1 Å². The molecule has 1 aromatic rings. The number of amides is 1. The summed E-state index contributed by atoms with van der Waals surface area (Å²) < 4.78 is 13.8. The third-order valence-electron chi connectivity index (χ3n) is 3.48. The van der Waals surface area contributed by atoms with Crippen molar-refractivity contribution >= 4 is 21.8 Å². The Morgan fingerprint density at radius 3 is 2.83 bits per heavy atom. The van der Waals surface area contributed by atoms with Gasteiger partial charge in [0.25, 0.3) is 5.91 Å². The molecule has 0 aromatic heterocycles. The minimum Gasteiger partial charge on any atom is -0.349 e. The van der Waals surface area contributed by atoms with Crippen molar-refractivity contribution < 1.29 is 9.18 Å². The first kappa shape index (κ1) is 13.5. The number of carbonyl (C=O) groups is 1. The summed E-state index contributed by atoms with van der Waals surface area (Å²) in [6, 6.07) is 4.35. The van der Waals surface area contributed by atoms with E-state index in [0.717, 1.165) is 19.3 Å². The molecule has 0 heterocycles. The first-order valence-corrected chi connectivity index (χ1v) is 6.93. The SMILES string of the molecule is CC1(C)CCC(NC(=O)c2cc(F)ccc2Br)C1. The summed E-state index contributed by atoms with van der Waals surface area (Å²) in [4.78, 5) is 12.1. The van der Waals surface area contributed by atoms with Gasteiger partial charge in [-0.3, -0.25) is 4.79 Å². The van der Waals surface area contributed by atoms with Gasteiger partial charge in [-0.25, -0.2) is 4.39 Å². The molecule has 98 valence electrons. The molecule has 1 atom stereocenters. The average Bonchev–Trinajstić information content (AvgIpc) is 2.61. The van der Waals surface area contributed by atoms with E-state index in [0.29, 0.717) is 10.0 Å². The Balaban J connectivity index is 2.06. The molecule has 1 fully saturated rings. The zero-order valence-electron chi connectivity index (χ0n) is 10.6. The molecule has 18 heavy (non-hydrogen) atoms. The van der Waals surface area contributed by atoms with Crippen molar-refractivity contribution in [3.8, 4) is 0 Å². The van der Waals surface area contributed by atoms with Crippen molar-refractivity contribution in [1.29, 1.82) is 0 Å². The maximum atomic E-state index is 13.1. The van der Waals surface area contributed by atoms with Gasteiger partial charge in [-0.05, 0) is 58.8 Å². The second-order valence-corrected chi connectivity index (χ2v) is 6.56. The average molecular weight is 314 g/mol. The smallest absolute Gasteiger partial charge is 0.252 e. The summed E-state index contributed by atoms with van der Waals surface area (Å²) in [5, 5.41) is 2.98. The lowest BCUT2D eigenvalue weighted by molar-refractivity contribution is 0.0935. The van der Waals surface area contributed by atoms with Crippen molar-refractivity contribution in [3.63, 3.8) is 0 Å². The van der Waals surface area contributed by atoms with E-state index in [1.165, 1.54) is 12.1 Å². The number of halogens is 2. The number of carbonyl (C=O) groups excluding carboxylic acids is 1. The molecule has 0 radical (unpaired) electrons. The van der Waals surface area contributed by atoms with E-state index in [1.54, 1.807) is 6.07 Å². The van der Waals surface area contributed by atoms with Gasteiger partial charge in [0.15, 0.2) is 0 Å². The molecule has 0 aliphatic heterocycles. The summed E-state index contributed by atoms with van der Waals surface area (Å²) >= 11 is 3.28. The van der Waals surface area contributed by atoms with Gasteiger partial charge in [-0.1, -0.05) is 13.8 Å². The van der Waals surface area contributed by atoms with Crippen LogP contribution in [0.2, 0.25) is 0 Å². The first-order chi connectivity index (χ1) is 8.37. The molecule has 4 heteroatoms. The highest BCUT2D eigenvalue weighted by Crippen LogP contribution is 2.37. The molecule has 1 aliphatic rings. The number of hydrogen-bond acceptors (Lipinski definition) is 1. The van der Waals surface area contributed by atoms with E-state index >= 15 is 0 Å². The van der Waals surface area contributed by atoms with Crippen LogP contribution in [-0.2, 0) is 0 Å². The standard InChI is InChI=1S/C14H17BrFNO/c1-14(2)6-5-10(8-14)17-13(18)11-7-9(16)3-4-12(11)15/h3-4,7,10H,5-6,8H2,1-2H3,(H,17,18). The normalized spacial score (nSPS) is 21.9. The van der Waals surface area contributed by atoms with E-state index < -0.39 is 5.82 Å². The van der Waals surface area contributed by atoms with Crippen molar-refractivity contribution in [2.24, 2.45) is 5.41 Å². The third-order valence-corrected chi connectivity index (χ3v) is 4.17. The predicted molar refractivity (Wildman–Crippen MR) is 73.0 cm³/mol. The van der Waals surface area contributed by atoms with Gasteiger partial charge >= 0.3 is 0 Å². The highest BCUT2D eigenvalue weighted by molar-refractivity contribution is 9.10. The molecular formula is C14H17BrFNO. The first-order valence-electron chi connectivity index (χ1n) is 6.13. The van der Waals surface area contributed by atoms with Crippen LogP contribution in [0.25, 0.3) is 0 Å². The molecule has 0 spiro atoms. The summed E-state index contributed by atoms with van der Waals surface area (Å²) in [7, 11) is 0. The minimum atomic E-state index is -0.393.